The number of hydrogen-bond acceptors (Lipinski definition) is 4. The molecule has 0 spiro atoms. The van der Waals surface area contributed by atoms with Gasteiger partial charge in [-0.25, -0.2) is 4.98 Å². The number of rotatable bonds is 5. The summed E-state index contributed by atoms with van der Waals surface area (Å²) in [6.07, 6.45) is 2.61. The summed E-state index contributed by atoms with van der Waals surface area (Å²) in [5.41, 5.74) is 1.08. The predicted molar refractivity (Wildman–Crippen MR) is 83.0 cm³/mol. The molecule has 0 saturated heterocycles. The molecule has 20 heavy (non-hydrogen) atoms. The van der Waals surface area contributed by atoms with E-state index in [0.29, 0.717) is 6.04 Å². The molecule has 3 aromatic rings. The standard InChI is InChI=1S/C16H18N2OS/c1-11(10-13-6-5-9-19-13)17-12(2)16-18-14-7-3-4-8-15(14)20-16/h3-9,11-12,17H,10H2,1-2H3. The van der Waals surface area contributed by atoms with E-state index in [0.717, 1.165) is 22.7 Å². The zero-order chi connectivity index (χ0) is 13.9. The van der Waals surface area contributed by atoms with Gasteiger partial charge in [-0.15, -0.1) is 11.3 Å². The minimum atomic E-state index is 0.248. The fourth-order valence-corrected chi connectivity index (χ4v) is 3.34. The Kier molecular flexibility index (Phi) is 3.85. The average Bonchev–Trinajstić information content (AvgIpc) is 3.06. The van der Waals surface area contributed by atoms with Crippen molar-refractivity contribution in [2.24, 2.45) is 0 Å². The summed E-state index contributed by atoms with van der Waals surface area (Å²) in [5.74, 6) is 1.02. The van der Waals surface area contributed by atoms with Gasteiger partial charge in [0, 0.05) is 12.5 Å². The van der Waals surface area contributed by atoms with Gasteiger partial charge in [0.1, 0.15) is 10.8 Å². The fourth-order valence-electron chi connectivity index (χ4n) is 2.36. The number of thiazole rings is 1. The van der Waals surface area contributed by atoms with Crippen LogP contribution in [0.1, 0.15) is 30.7 Å². The molecule has 104 valence electrons. The highest BCUT2D eigenvalue weighted by Crippen LogP contribution is 2.26. The molecule has 1 N–H and O–H groups in total. The lowest BCUT2D eigenvalue weighted by atomic mass is 10.2. The number of nitrogens with one attached hydrogen (secondary N) is 1. The van der Waals surface area contributed by atoms with Crippen LogP contribution in [0.15, 0.2) is 47.1 Å². The number of fused-ring (bicyclic) bond motifs is 1. The summed E-state index contributed by atoms with van der Waals surface area (Å²) >= 11 is 1.76. The van der Waals surface area contributed by atoms with Gasteiger partial charge in [-0.1, -0.05) is 12.1 Å². The molecule has 2 heterocycles. The molecule has 0 fully saturated rings. The van der Waals surface area contributed by atoms with Crippen molar-refractivity contribution in [2.75, 3.05) is 0 Å². The number of para-hydroxylation sites is 1. The maximum Gasteiger partial charge on any atom is 0.111 e. The Balaban J connectivity index is 1.67. The Morgan fingerprint density at radius 3 is 2.80 bits per heavy atom. The highest BCUT2D eigenvalue weighted by molar-refractivity contribution is 7.18. The third-order valence-electron chi connectivity index (χ3n) is 3.30. The van der Waals surface area contributed by atoms with Crippen molar-refractivity contribution in [1.82, 2.24) is 10.3 Å². The van der Waals surface area contributed by atoms with Crippen LogP contribution in [0, 0.1) is 0 Å². The van der Waals surface area contributed by atoms with Crippen molar-refractivity contribution >= 4 is 21.6 Å². The normalized spacial score (nSPS) is 14.5. The van der Waals surface area contributed by atoms with E-state index in [1.54, 1.807) is 17.6 Å². The molecular weight excluding hydrogens is 268 g/mol. The topological polar surface area (TPSA) is 38.1 Å². The molecule has 0 aliphatic heterocycles. The lowest BCUT2D eigenvalue weighted by Crippen LogP contribution is -2.30. The van der Waals surface area contributed by atoms with Gasteiger partial charge in [-0.3, -0.25) is 0 Å². The maximum absolute atomic E-state index is 5.39. The van der Waals surface area contributed by atoms with E-state index >= 15 is 0 Å². The van der Waals surface area contributed by atoms with Gasteiger partial charge in [0.25, 0.3) is 0 Å². The van der Waals surface area contributed by atoms with Crippen LogP contribution in [0.3, 0.4) is 0 Å². The van der Waals surface area contributed by atoms with Crippen LogP contribution in [0.2, 0.25) is 0 Å². The first-order valence-corrected chi connectivity index (χ1v) is 7.68. The number of furan rings is 1. The summed E-state index contributed by atoms with van der Waals surface area (Å²) in [6, 6.07) is 12.8. The molecule has 2 aromatic heterocycles. The molecule has 0 amide bonds. The van der Waals surface area contributed by atoms with E-state index in [4.69, 9.17) is 9.40 Å². The van der Waals surface area contributed by atoms with E-state index in [1.165, 1.54) is 4.70 Å². The van der Waals surface area contributed by atoms with Crippen LogP contribution in [0.4, 0.5) is 0 Å². The molecule has 2 unspecified atom stereocenters. The average molecular weight is 286 g/mol. The lowest BCUT2D eigenvalue weighted by molar-refractivity contribution is 0.428. The van der Waals surface area contributed by atoms with Gasteiger partial charge in [0.15, 0.2) is 0 Å². The summed E-state index contributed by atoms with van der Waals surface area (Å²) in [5, 5.41) is 4.72. The minimum Gasteiger partial charge on any atom is -0.469 e. The summed E-state index contributed by atoms with van der Waals surface area (Å²) < 4.78 is 6.63. The van der Waals surface area contributed by atoms with Crippen molar-refractivity contribution in [3.8, 4) is 0 Å². The van der Waals surface area contributed by atoms with Crippen molar-refractivity contribution < 1.29 is 4.42 Å². The molecule has 0 radical (unpaired) electrons. The number of hydrogen-bond donors (Lipinski definition) is 1. The van der Waals surface area contributed by atoms with Crippen molar-refractivity contribution in [3.05, 3.63) is 53.4 Å². The number of aromatic nitrogens is 1. The van der Waals surface area contributed by atoms with Crippen molar-refractivity contribution in [2.45, 2.75) is 32.4 Å². The first-order valence-electron chi connectivity index (χ1n) is 6.86. The van der Waals surface area contributed by atoms with E-state index in [9.17, 15) is 0 Å². The highest BCUT2D eigenvalue weighted by Gasteiger charge is 2.14. The number of benzene rings is 1. The Morgan fingerprint density at radius 1 is 1.20 bits per heavy atom. The van der Waals surface area contributed by atoms with Gasteiger partial charge < -0.3 is 9.73 Å². The van der Waals surface area contributed by atoms with Crippen LogP contribution >= 0.6 is 11.3 Å². The molecule has 0 saturated carbocycles. The second kappa shape index (κ2) is 5.77. The second-order valence-electron chi connectivity index (χ2n) is 5.09. The molecule has 0 aliphatic carbocycles. The fraction of sp³-hybridized carbons (Fsp3) is 0.312. The molecular formula is C16H18N2OS. The van der Waals surface area contributed by atoms with Crippen LogP contribution in [-0.2, 0) is 6.42 Å². The SMILES string of the molecule is CC(Cc1ccco1)NC(C)c1nc2ccccc2s1. The van der Waals surface area contributed by atoms with Crippen LogP contribution < -0.4 is 5.32 Å². The first kappa shape index (κ1) is 13.3. The van der Waals surface area contributed by atoms with E-state index in [2.05, 4.69) is 37.4 Å². The molecule has 2 atom stereocenters. The van der Waals surface area contributed by atoms with Crippen LogP contribution in [0.5, 0.6) is 0 Å². The lowest BCUT2D eigenvalue weighted by Gasteiger charge is -2.17. The molecule has 3 nitrogen and oxygen atoms in total. The van der Waals surface area contributed by atoms with Gasteiger partial charge >= 0.3 is 0 Å². The quantitative estimate of drug-likeness (QED) is 0.765. The Morgan fingerprint density at radius 2 is 2.05 bits per heavy atom. The zero-order valence-corrected chi connectivity index (χ0v) is 12.5. The van der Waals surface area contributed by atoms with Gasteiger partial charge in [-0.2, -0.15) is 0 Å². The van der Waals surface area contributed by atoms with Gasteiger partial charge in [0.05, 0.1) is 22.5 Å². The summed E-state index contributed by atoms with van der Waals surface area (Å²) in [6.45, 7) is 4.34. The second-order valence-corrected chi connectivity index (χ2v) is 6.15. The molecule has 3 rings (SSSR count). The third-order valence-corrected chi connectivity index (χ3v) is 4.52. The predicted octanol–water partition coefficient (Wildman–Crippen LogP) is 4.17. The summed E-state index contributed by atoms with van der Waals surface area (Å²) in [7, 11) is 0. The van der Waals surface area contributed by atoms with Crippen molar-refractivity contribution in [3.63, 3.8) is 0 Å². The zero-order valence-electron chi connectivity index (χ0n) is 11.7. The molecule has 4 heteroatoms. The molecule has 1 aromatic carbocycles. The maximum atomic E-state index is 5.39. The first-order chi connectivity index (χ1) is 9.72. The van der Waals surface area contributed by atoms with E-state index in [1.807, 2.05) is 18.2 Å². The number of nitrogens with zero attached hydrogens (tertiary/aromatic N) is 1. The van der Waals surface area contributed by atoms with Crippen molar-refractivity contribution in [1.29, 1.82) is 0 Å². The largest absolute Gasteiger partial charge is 0.469 e. The van der Waals surface area contributed by atoms with E-state index in [-0.39, 0.29) is 6.04 Å². The van der Waals surface area contributed by atoms with E-state index < -0.39 is 0 Å². The Bertz CT molecular complexity index is 642. The van der Waals surface area contributed by atoms with Crippen LogP contribution in [0.25, 0.3) is 10.2 Å². The Hall–Kier alpha value is -1.65. The molecule has 0 bridgehead atoms. The smallest absolute Gasteiger partial charge is 0.111 e. The third kappa shape index (κ3) is 2.92. The minimum absolute atomic E-state index is 0.248. The summed E-state index contributed by atoms with van der Waals surface area (Å²) in [4.78, 5) is 4.70. The highest BCUT2D eigenvalue weighted by atomic mass is 32.1. The monoisotopic (exact) mass is 286 g/mol. The van der Waals surface area contributed by atoms with Gasteiger partial charge in [-0.05, 0) is 38.1 Å². The van der Waals surface area contributed by atoms with Crippen LogP contribution in [-0.4, -0.2) is 11.0 Å². The van der Waals surface area contributed by atoms with Gasteiger partial charge in [0.2, 0.25) is 0 Å². The molecule has 0 aliphatic rings. The Labute approximate surface area is 122 Å².